The molecule has 1 aromatic carbocycles. The quantitative estimate of drug-likeness (QED) is 0.915. The van der Waals surface area contributed by atoms with Gasteiger partial charge in [-0.15, -0.1) is 0 Å². The Labute approximate surface area is 115 Å². The smallest absolute Gasteiger partial charge is 0.134 e. The summed E-state index contributed by atoms with van der Waals surface area (Å²) in [4.78, 5) is 0. The number of hydrogen-bond acceptors (Lipinski definition) is 4. The average molecular weight is 283 g/mol. The van der Waals surface area contributed by atoms with Crippen molar-refractivity contribution in [2.75, 3.05) is 6.54 Å². The van der Waals surface area contributed by atoms with Crippen molar-refractivity contribution in [3.63, 3.8) is 0 Å². The van der Waals surface area contributed by atoms with Crippen LogP contribution < -0.4 is 5.32 Å². The minimum absolute atomic E-state index is 0.0150. The van der Waals surface area contributed by atoms with E-state index in [0.29, 0.717) is 17.8 Å². The first-order chi connectivity index (χ1) is 9.15. The Morgan fingerprint density at radius 2 is 2.16 bits per heavy atom. The molecule has 0 radical (unpaired) electrons. The molecule has 0 bridgehead atoms. The van der Waals surface area contributed by atoms with E-state index in [9.17, 15) is 8.78 Å². The summed E-state index contributed by atoms with van der Waals surface area (Å²) >= 11 is 1.03. The van der Waals surface area contributed by atoms with E-state index in [4.69, 9.17) is 0 Å². The molecule has 102 valence electrons. The van der Waals surface area contributed by atoms with Crippen LogP contribution in [-0.4, -0.2) is 15.3 Å². The van der Waals surface area contributed by atoms with Gasteiger partial charge < -0.3 is 5.32 Å². The Morgan fingerprint density at radius 3 is 2.79 bits per heavy atom. The minimum atomic E-state index is -0.599. The molecule has 1 heterocycles. The molecule has 2 aromatic rings. The lowest BCUT2D eigenvalue weighted by Crippen LogP contribution is -2.25. The highest BCUT2D eigenvalue weighted by Gasteiger charge is 2.24. The Kier molecular flexibility index (Phi) is 4.55. The molecule has 1 aromatic heterocycles. The third-order valence-corrected chi connectivity index (χ3v) is 3.37. The highest BCUT2D eigenvalue weighted by atomic mass is 32.1. The molecule has 2 rings (SSSR count). The Hall–Kier alpha value is -1.40. The van der Waals surface area contributed by atoms with Gasteiger partial charge in [0.2, 0.25) is 0 Å². The lowest BCUT2D eigenvalue weighted by molar-refractivity contribution is 0.495. The van der Waals surface area contributed by atoms with Crippen LogP contribution in [0.5, 0.6) is 0 Å². The van der Waals surface area contributed by atoms with Gasteiger partial charge in [-0.1, -0.05) is 13.0 Å². The van der Waals surface area contributed by atoms with E-state index in [1.807, 2.05) is 6.92 Å². The summed E-state index contributed by atoms with van der Waals surface area (Å²) in [7, 11) is 0. The molecule has 0 fully saturated rings. The van der Waals surface area contributed by atoms with Gasteiger partial charge in [0.1, 0.15) is 11.6 Å². The van der Waals surface area contributed by atoms with Crippen LogP contribution in [0.1, 0.15) is 36.2 Å². The third kappa shape index (κ3) is 2.96. The monoisotopic (exact) mass is 283 g/mol. The Balaban J connectivity index is 2.46. The third-order valence-electron chi connectivity index (χ3n) is 2.88. The molecule has 0 saturated carbocycles. The van der Waals surface area contributed by atoms with Gasteiger partial charge in [-0.25, -0.2) is 8.78 Å². The Morgan fingerprint density at radius 1 is 1.37 bits per heavy atom. The van der Waals surface area contributed by atoms with Gasteiger partial charge in [0.25, 0.3) is 0 Å². The normalized spacial score (nSPS) is 12.6. The van der Waals surface area contributed by atoms with Crippen LogP contribution in [-0.2, 0) is 0 Å². The fourth-order valence-electron chi connectivity index (χ4n) is 1.89. The zero-order chi connectivity index (χ0) is 13.8. The minimum Gasteiger partial charge on any atom is -0.305 e. The zero-order valence-corrected chi connectivity index (χ0v) is 11.6. The second-order valence-electron chi connectivity index (χ2n) is 4.31. The summed E-state index contributed by atoms with van der Waals surface area (Å²) < 4.78 is 36.2. The molecule has 0 amide bonds. The number of nitrogens with one attached hydrogen (secondary N) is 1. The van der Waals surface area contributed by atoms with Crippen LogP contribution in [0.25, 0.3) is 0 Å². The maximum atomic E-state index is 14.2. The molecule has 0 aliphatic rings. The molecule has 19 heavy (non-hydrogen) atoms. The highest BCUT2D eigenvalue weighted by Crippen LogP contribution is 2.27. The van der Waals surface area contributed by atoms with Crippen LogP contribution in [0.2, 0.25) is 0 Å². The van der Waals surface area contributed by atoms with Gasteiger partial charge in [0.05, 0.1) is 29.7 Å². The number of aryl methyl sites for hydroxylation is 1. The molecule has 6 heteroatoms. The van der Waals surface area contributed by atoms with Crippen molar-refractivity contribution >= 4 is 11.7 Å². The first-order valence-electron chi connectivity index (χ1n) is 6.10. The molecule has 3 nitrogen and oxygen atoms in total. The maximum Gasteiger partial charge on any atom is 0.134 e. The summed E-state index contributed by atoms with van der Waals surface area (Å²) in [5.41, 5.74) is 0.978. The summed E-state index contributed by atoms with van der Waals surface area (Å²) in [6, 6.07) is 2.12. The molecule has 0 spiro atoms. The summed E-state index contributed by atoms with van der Waals surface area (Å²) in [5, 5.41) is 3.12. The SMILES string of the molecule is CCCNC(c1cnsn1)c1c(F)ccc(C)c1F. The van der Waals surface area contributed by atoms with Gasteiger partial charge in [0.15, 0.2) is 0 Å². The summed E-state index contributed by atoms with van der Waals surface area (Å²) in [5.74, 6) is -1.09. The largest absolute Gasteiger partial charge is 0.305 e. The number of hydrogen-bond donors (Lipinski definition) is 1. The summed E-state index contributed by atoms with van der Waals surface area (Å²) in [6.07, 6.45) is 2.41. The molecule has 0 aliphatic heterocycles. The first-order valence-corrected chi connectivity index (χ1v) is 6.83. The Bertz CT molecular complexity index is 543. The van der Waals surface area contributed by atoms with Gasteiger partial charge in [-0.05, 0) is 31.5 Å². The van der Waals surface area contributed by atoms with E-state index in [2.05, 4.69) is 14.1 Å². The van der Waals surface area contributed by atoms with E-state index < -0.39 is 17.7 Å². The fourth-order valence-corrected chi connectivity index (χ4v) is 2.33. The van der Waals surface area contributed by atoms with Crippen molar-refractivity contribution < 1.29 is 8.78 Å². The highest BCUT2D eigenvalue weighted by molar-refractivity contribution is 6.99. The maximum absolute atomic E-state index is 14.2. The molecular formula is C13H15F2N3S. The van der Waals surface area contributed by atoms with Crippen molar-refractivity contribution in [1.29, 1.82) is 0 Å². The second kappa shape index (κ2) is 6.16. The van der Waals surface area contributed by atoms with Gasteiger partial charge >= 0.3 is 0 Å². The van der Waals surface area contributed by atoms with Crippen molar-refractivity contribution in [3.8, 4) is 0 Å². The summed E-state index contributed by atoms with van der Waals surface area (Å²) in [6.45, 7) is 4.26. The first kappa shape index (κ1) is 14.0. The van der Waals surface area contributed by atoms with E-state index in [-0.39, 0.29) is 5.56 Å². The average Bonchev–Trinajstić information content (AvgIpc) is 2.92. The predicted molar refractivity (Wildman–Crippen MR) is 71.1 cm³/mol. The molecular weight excluding hydrogens is 268 g/mol. The molecule has 0 saturated heterocycles. The number of nitrogens with zero attached hydrogens (tertiary/aromatic N) is 2. The van der Waals surface area contributed by atoms with Crippen LogP contribution in [0.3, 0.4) is 0 Å². The van der Waals surface area contributed by atoms with Gasteiger partial charge in [0, 0.05) is 5.56 Å². The number of aromatic nitrogens is 2. The van der Waals surface area contributed by atoms with Crippen molar-refractivity contribution in [3.05, 3.63) is 46.8 Å². The van der Waals surface area contributed by atoms with Crippen LogP contribution >= 0.6 is 11.7 Å². The van der Waals surface area contributed by atoms with E-state index in [1.165, 1.54) is 12.1 Å². The second-order valence-corrected chi connectivity index (χ2v) is 4.87. The number of rotatable bonds is 5. The number of halogens is 2. The van der Waals surface area contributed by atoms with Crippen molar-refractivity contribution in [1.82, 2.24) is 14.1 Å². The van der Waals surface area contributed by atoms with Crippen LogP contribution in [0.4, 0.5) is 8.78 Å². The van der Waals surface area contributed by atoms with Crippen molar-refractivity contribution in [2.24, 2.45) is 0 Å². The standard InChI is InChI=1S/C13H15F2N3S/c1-3-6-16-13(10-7-17-19-18-10)11-9(14)5-4-8(2)12(11)15/h4-5,7,13,16H,3,6H2,1-2H3. The molecule has 1 unspecified atom stereocenters. The molecule has 1 atom stereocenters. The van der Waals surface area contributed by atoms with Gasteiger partial charge in [-0.2, -0.15) is 8.75 Å². The molecule has 1 N–H and O–H groups in total. The zero-order valence-electron chi connectivity index (χ0n) is 10.8. The fraction of sp³-hybridized carbons (Fsp3) is 0.385. The van der Waals surface area contributed by atoms with E-state index in [0.717, 1.165) is 18.1 Å². The van der Waals surface area contributed by atoms with E-state index in [1.54, 1.807) is 13.1 Å². The van der Waals surface area contributed by atoms with Gasteiger partial charge in [-0.3, -0.25) is 0 Å². The van der Waals surface area contributed by atoms with Crippen LogP contribution in [0.15, 0.2) is 18.3 Å². The lowest BCUT2D eigenvalue weighted by atomic mass is 10.00. The lowest BCUT2D eigenvalue weighted by Gasteiger charge is -2.18. The topological polar surface area (TPSA) is 37.8 Å². The van der Waals surface area contributed by atoms with Crippen molar-refractivity contribution in [2.45, 2.75) is 26.3 Å². The predicted octanol–water partition coefficient (Wildman–Crippen LogP) is 3.21. The number of benzene rings is 1. The van der Waals surface area contributed by atoms with Crippen LogP contribution in [0, 0.1) is 18.6 Å². The molecule has 0 aliphatic carbocycles. The van der Waals surface area contributed by atoms with E-state index >= 15 is 0 Å².